The van der Waals surface area contributed by atoms with Gasteiger partial charge in [0.25, 0.3) is 0 Å². The number of hydrogen-bond donors (Lipinski definition) is 1. The van der Waals surface area contributed by atoms with Gasteiger partial charge in [0.2, 0.25) is 5.91 Å². The van der Waals surface area contributed by atoms with Gasteiger partial charge in [-0.05, 0) is 20.3 Å². The lowest BCUT2D eigenvalue weighted by Gasteiger charge is -2.16. The number of carbonyl (C=O) groups excluding carboxylic acids is 1. The van der Waals surface area contributed by atoms with Crippen LogP contribution in [0.4, 0.5) is 0 Å². The maximum atomic E-state index is 12.4. The van der Waals surface area contributed by atoms with Crippen molar-refractivity contribution < 1.29 is 13.2 Å². The molecule has 2 atom stereocenters. The summed E-state index contributed by atoms with van der Waals surface area (Å²) in [5.41, 5.74) is 2.49. The Morgan fingerprint density at radius 1 is 1.50 bits per heavy atom. The molecule has 2 aromatic rings. The van der Waals surface area contributed by atoms with E-state index in [1.807, 2.05) is 14.0 Å². The zero-order valence-corrected chi connectivity index (χ0v) is 13.6. The van der Waals surface area contributed by atoms with Crippen LogP contribution in [0.5, 0.6) is 0 Å². The second-order valence-corrected chi connectivity index (χ2v) is 8.05. The first-order chi connectivity index (χ1) is 10.3. The molecule has 120 valence electrons. The van der Waals surface area contributed by atoms with E-state index in [0.29, 0.717) is 6.42 Å². The fourth-order valence-corrected chi connectivity index (χ4v) is 4.58. The molecule has 3 heterocycles. The maximum absolute atomic E-state index is 12.4. The Morgan fingerprint density at radius 3 is 2.86 bits per heavy atom. The molecule has 0 spiro atoms. The zero-order chi connectivity index (χ0) is 16.1. The highest BCUT2D eigenvalue weighted by Crippen LogP contribution is 2.21. The average molecular weight is 325 g/mol. The van der Waals surface area contributed by atoms with Crippen LogP contribution in [0.1, 0.15) is 25.1 Å². The number of aromatic nitrogens is 4. The van der Waals surface area contributed by atoms with Gasteiger partial charge in [-0.25, -0.2) is 13.1 Å². The van der Waals surface area contributed by atoms with Gasteiger partial charge in [-0.15, -0.1) is 0 Å². The predicted molar refractivity (Wildman–Crippen MR) is 81.1 cm³/mol. The average Bonchev–Trinajstić information content (AvgIpc) is 3.07. The Morgan fingerprint density at radius 2 is 2.23 bits per heavy atom. The van der Waals surface area contributed by atoms with Gasteiger partial charge in [-0.1, -0.05) is 0 Å². The Hall–Kier alpha value is -1.90. The topological polar surface area (TPSA) is 98.9 Å². The molecule has 8 nitrogen and oxygen atoms in total. The van der Waals surface area contributed by atoms with Gasteiger partial charge in [0.15, 0.2) is 9.84 Å². The van der Waals surface area contributed by atoms with Gasteiger partial charge in [0, 0.05) is 13.1 Å². The number of nitrogens with one attached hydrogen (secondary N) is 1. The van der Waals surface area contributed by atoms with E-state index in [4.69, 9.17) is 0 Å². The number of aryl methyl sites for hydroxylation is 2. The van der Waals surface area contributed by atoms with Crippen molar-refractivity contribution in [2.45, 2.75) is 32.4 Å². The first kappa shape index (κ1) is 15.0. The van der Waals surface area contributed by atoms with E-state index in [2.05, 4.69) is 15.5 Å². The molecule has 0 radical (unpaired) electrons. The number of carbonyl (C=O) groups is 1. The smallest absolute Gasteiger partial charge is 0.244 e. The zero-order valence-electron chi connectivity index (χ0n) is 12.8. The summed E-state index contributed by atoms with van der Waals surface area (Å²) in [7, 11) is -1.18. The van der Waals surface area contributed by atoms with Crippen molar-refractivity contribution in [2.75, 3.05) is 11.5 Å². The molecule has 2 aromatic heterocycles. The van der Waals surface area contributed by atoms with Crippen molar-refractivity contribution in [1.82, 2.24) is 24.9 Å². The number of sulfone groups is 1. The van der Waals surface area contributed by atoms with Gasteiger partial charge in [0.1, 0.15) is 17.1 Å². The number of nitrogens with zero attached hydrogens (tertiary/aromatic N) is 4. The number of hydrogen-bond acceptors (Lipinski definition) is 5. The predicted octanol–water partition coefficient (Wildman–Crippen LogP) is -0.0575. The SMILES string of the molecule is Cc1nn(C)c2cnn(C(C)C(=O)NC3CCS(=O)(=O)C3)c12. The standard InChI is InChI=1S/C13H19N5O3S/c1-8-12-11(17(3)16-8)6-14-18(12)9(2)13(19)15-10-4-5-22(20,21)7-10/h6,9-10H,4-5,7H2,1-3H3,(H,15,19). The van der Waals surface area contributed by atoms with Crippen LogP contribution in [0.25, 0.3) is 11.0 Å². The van der Waals surface area contributed by atoms with Crippen LogP contribution in [0.3, 0.4) is 0 Å². The van der Waals surface area contributed by atoms with Gasteiger partial charge < -0.3 is 5.32 Å². The van der Waals surface area contributed by atoms with E-state index in [-0.39, 0.29) is 23.5 Å². The van der Waals surface area contributed by atoms with E-state index >= 15 is 0 Å². The fourth-order valence-electron chi connectivity index (χ4n) is 2.90. The number of fused-ring (bicyclic) bond motifs is 1. The Balaban J connectivity index is 1.80. The summed E-state index contributed by atoms with van der Waals surface area (Å²) in [6, 6.07) is -0.829. The van der Waals surface area contributed by atoms with Gasteiger partial charge in [0.05, 0.1) is 23.4 Å². The lowest BCUT2D eigenvalue weighted by atomic mass is 10.2. The third-order valence-corrected chi connectivity index (χ3v) is 5.86. The van der Waals surface area contributed by atoms with E-state index in [0.717, 1.165) is 16.7 Å². The highest BCUT2D eigenvalue weighted by Gasteiger charge is 2.31. The lowest BCUT2D eigenvalue weighted by Crippen LogP contribution is -2.39. The van der Waals surface area contributed by atoms with Crippen LogP contribution in [0.2, 0.25) is 0 Å². The van der Waals surface area contributed by atoms with Gasteiger partial charge >= 0.3 is 0 Å². The first-order valence-electron chi connectivity index (χ1n) is 7.16. The van der Waals surface area contributed by atoms with E-state index in [1.54, 1.807) is 22.5 Å². The molecule has 2 unspecified atom stereocenters. The van der Waals surface area contributed by atoms with Crippen molar-refractivity contribution in [3.8, 4) is 0 Å². The number of amides is 1. The molecule has 1 aliphatic heterocycles. The van der Waals surface area contributed by atoms with Gasteiger partial charge in [-0.3, -0.25) is 9.48 Å². The molecule has 1 saturated heterocycles. The van der Waals surface area contributed by atoms with Crippen LogP contribution in [-0.2, 0) is 21.7 Å². The van der Waals surface area contributed by atoms with Crippen molar-refractivity contribution >= 4 is 26.8 Å². The minimum atomic E-state index is -3.01. The normalized spacial score (nSPS) is 22.0. The molecular weight excluding hydrogens is 306 g/mol. The lowest BCUT2D eigenvalue weighted by molar-refractivity contribution is -0.124. The monoisotopic (exact) mass is 325 g/mol. The molecule has 3 rings (SSSR count). The fraction of sp³-hybridized carbons (Fsp3) is 0.615. The quantitative estimate of drug-likeness (QED) is 0.852. The van der Waals surface area contributed by atoms with E-state index < -0.39 is 15.9 Å². The van der Waals surface area contributed by atoms with Crippen molar-refractivity contribution in [3.05, 3.63) is 11.9 Å². The molecule has 1 amide bonds. The van der Waals surface area contributed by atoms with Crippen molar-refractivity contribution in [3.63, 3.8) is 0 Å². The summed E-state index contributed by atoms with van der Waals surface area (Å²) in [4.78, 5) is 12.4. The molecule has 9 heteroatoms. The first-order valence-corrected chi connectivity index (χ1v) is 8.98. The Bertz CT molecular complexity index is 835. The molecule has 1 aliphatic rings. The van der Waals surface area contributed by atoms with E-state index in [1.165, 1.54) is 0 Å². The van der Waals surface area contributed by atoms with Crippen LogP contribution >= 0.6 is 0 Å². The minimum absolute atomic E-state index is 0.0197. The third kappa shape index (κ3) is 2.49. The summed E-state index contributed by atoms with van der Waals surface area (Å²) in [5.74, 6) is -0.0678. The second kappa shape index (κ2) is 5.08. The second-order valence-electron chi connectivity index (χ2n) is 5.82. The summed E-state index contributed by atoms with van der Waals surface area (Å²) in [5, 5.41) is 11.4. The van der Waals surface area contributed by atoms with Crippen LogP contribution < -0.4 is 5.32 Å². The van der Waals surface area contributed by atoms with Crippen LogP contribution in [0, 0.1) is 6.92 Å². The third-order valence-electron chi connectivity index (χ3n) is 4.09. The molecule has 1 fully saturated rings. The maximum Gasteiger partial charge on any atom is 0.244 e. The molecule has 0 aliphatic carbocycles. The minimum Gasteiger partial charge on any atom is -0.350 e. The van der Waals surface area contributed by atoms with Crippen molar-refractivity contribution in [2.24, 2.45) is 7.05 Å². The summed E-state index contributed by atoms with van der Waals surface area (Å²) in [6.45, 7) is 3.62. The Labute approximate surface area is 128 Å². The largest absolute Gasteiger partial charge is 0.350 e. The van der Waals surface area contributed by atoms with Crippen LogP contribution in [-0.4, -0.2) is 51.4 Å². The van der Waals surface area contributed by atoms with Gasteiger partial charge in [-0.2, -0.15) is 10.2 Å². The van der Waals surface area contributed by atoms with E-state index in [9.17, 15) is 13.2 Å². The summed E-state index contributed by atoms with van der Waals surface area (Å²) < 4.78 is 26.3. The van der Waals surface area contributed by atoms with Crippen molar-refractivity contribution in [1.29, 1.82) is 0 Å². The number of rotatable bonds is 3. The molecule has 0 bridgehead atoms. The highest BCUT2D eigenvalue weighted by molar-refractivity contribution is 7.91. The van der Waals surface area contributed by atoms with Crippen LogP contribution in [0.15, 0.2) is 6.20 Å². The Kier molecular flexibility index (Phi) is 3.47. The molecule has 0 saturated carbocycles. The summed E-state index contributed by atoms with van der Waals surface area (Å²) in [6.07, 6.45) is 2.15. The molecule has 22 heavy (non-hydrogen) atoms. The summed E-state index contributed by atoms with van der Waals surface area (Å²) >= 11 is 0. The molecular formula is C13H19N5O3S. The molecule has 1 N–H and O–H groups in total. The highest BCUT2D eigenvalue weighted by atomic mass is 32.2. The molecule has 0 aromatic carbocycles.